The molecule has 1 heterocycles. The van der Waals surface area contributed by atoms with Gasteiger partial charge in [-0.15, -0.1) is 0 Å². The molecule has 0 saturated heterocycles. The number of benzene rings is 2. The minimum Gasteiger partial charge on any atom is -0.396 e. The summed E-state index contributed by atoms with van der Waals surface area (Å²) in [5, 5.41) is 6.93. The number of oxime groups is 1. The summed E-state index contributed by atoms with van der Waals surface area (Å²) in [4.78, 5) is 18.9. The number of hydrogen-bond donors (Lipinski definition) is 1. The second-order valence-corrected chi connectivity index (χ2v) is 9.24. The molecule has 1 fully saturated rings. The molecular formula is C29H33F2N3O2. The summed E-state index contributed by atoms with van der Waals surface area (Å²) >= 11 is 0. The molecule has 1 saturated carbocycles. The number of amides is 1. The monoisotopic (exact) mass is 493 g/mol. The van der Waals surface area contributed by atoms with Gasteiger partial charge in [0.15, 0.2) is 11.6 Å². The summed E-state index contributed by atoms with van der Waals surface area (Å²) in [6.07, 6.45) is 8.65. The standard InChI is InChI=1S/C29H33F2N3O2/c1-2-3-17-36-32-20-24-19-25(29(35)33-23-13-14-26(30)27(31)18-23)28(22-11-7-8-12-22)34(24)16-15-21-9-5-4-6-10-21/h4-6,9-10,13-14,18-20,22H,2-3,7-8,11-12,15-17H2,1H3,(H,33,35)/b32-20+. The zero-order valence-corrected chi connectivity index (χ0v) is 20.7. The summed E-state index contributed by atoms with van der Waals surface area (Å²) < 4.78 is 29.3. The lowest BCUT2D eigenvalue weighted by Crippen LogP contribution is -2.17. The fourth-order valence-electron chi connectivity index (χ4n) is 4.77. The van der Waals surface area contributed by atoms with Crippen LogP contribution in [0.5, 0.6) is 0 Å². The van der Waals surface area contributed by atoms with Gasteiger partial charge in [0.1, 0.15) is 6.61 Å². The molecule has 0 aliphatic heterocycles. The van der Waals surface area contributed by atoms with Gasteiger partial charge < -0.3 is 14.7 Å². The lowest BCUT2D eigenvalue weighted by atomic mass is 9.99. The smallest absolute Gasteiger partial charge is 0.257 e. The van der Waals surface area contributed by atoms with Crippen LogP contribution in [0.1, 0.15) is 78.7 Å². The topological polar surface area (TPSA) is 55.6 Å². The first-order valence-corrected chi connectivity index (χ1v) is 12.8. The molecule has 1 aromatic heterocycles. The molecule has 1 aliphatic rings. The molecule has 0 atom stereocenters. The number of aromatic nitrogens is 1. The van der Waals surface area contributed by atoms with Gasteiger partial charge in [0.05, 0.1) is 17.5 Å². The summed E-state index contributed by atoms with van der Waals surface area (Å²) in [6, 6.07) is 15.4. The van der Waals surface area contributed by atoms with Crippen molar-refractivity contribution in [3.8, 4) is 0 Å². The molecule has 4 rings (SSSR count). The molecule has 0 spiro atoms. The van der Waals surface area contributed by atoms with Gasteiger partial charge in [0, 0.05) is 29.9 Å². The number of nitrogens with one attached hydrogen (secondary N) is 1. The van der Waals surface area contributed by atoms with Crippen molar-refractivity contribution in [1.82, 2.24) is 4.57 Å². The quantitative estimate of drug-likeness (QED) is 0.176. The molecular weight excluding hydrogens is 460 g/mol. The number of carbonyl (C=O) groups excluding carboxylic acids is 1. The first-order chi connectivity index (χ1) is 17.6. The fourth-order valence-corrected chi connectivity index (χ4v) is 4.77. The molecule has 5 nitrogen and oxygen atoms in total. The van der Waals surface area contributed by atoms with E-state index < -0.39 is 11.6 Å². The molecule has 2 aromatic carbocycles. The van der Waals surface area contributed by atoms with Crippen molar-refractivity contribution in [3.05, 3.63) is 88.7 Å². The third-order valence-electron chi connectivity index (χ3n) is 6.65. The number of rotatable bonds is 11. The minimum atomic E-state index is -0.999. The predicted octanol–water partition coefficient (Wildman–Crippen LogP) is 7.07. The van der Waals surface area contributed by atoms with E-state index in [0.29, 0.717) is 18.7 Å². The van der Waals surface area contributed by atoms with Crippen molar-refractivity contribution in [3.63, 3.8) is 0 Å². The predicted molar refractivity (Wildman–Crippen MR) is 139 cm³/mol. The van der Waals surface area contributed by atoms with Crippen molar-refractivity contribution in [2.75, 3.05) is 11.9 Å². The van der Waals surface area contributed by atoms with E-state index in [4.69, 9.17) is 4.84 Å². The van der Waals surface area contributed by atoms with Crippen LogP contribution in [0.25, 0.3) is 0 Å². The van der Waals surface area contributed by atoms with Crippen molar-refractivity contribution in [1.29, 1.82) is 0 Å². The van der Waals surface area contributed by atoms with E-state index in [2.05, 4.69) is 34.1 Å². The zero-order valence-electron chi connectivity index (χ0n) is 20.7. The maximum absolute atomic E-state index is 13.8. The summed E-state index contributed by atoms with van der Waals surface area (Å²) in [6.45, 7) is 3.31. The molecule has 0 radical (unpaired) electrons. The van der Waals surface area contributed by atoms with E-state index in [-0.39, 0.29) is 17.5 Å². The maximum Gasteiger partial charge on any atom is 0.257 e. The molecule has 1 N–H and O–H groups in total. The maximum atomic E-state index is 13.8. The summed E-state index contributed by atoms with van der Waals surface area (Å²) in [7, 11) is 0. The summed E-state index contributed by atoms with van der Waals surface area (Å²) in [5.74, 6) is -2.05. The zero-order chi connectivity index (χ0) is 25.3. The van der Waals surface area contributed by atoms with Crippen molar-refractivity contribution < 1.29 is 18.4 Å². The van der Waals surface area contributed by atoms with Gasteiger partial charge in [-0.2, -0.15) is 0 Å². The molecule has 0 bridgehead atoms. The van der Waals surface area contributed by atoms with E-state index in [1.165, 1.54) is 11.6 Å². The molecule has 1 amide bonds. The average Bonchev–Trinajstić information content (AvgIpc) is 3.53. The van der Waals surface area contributed by atoms with Crippen LogP contribution in [0.4, 0.5) is 14.5 Å². The second-order valence-electron chi connectivity index (χ2n) is 9.24. The van der Waals surface area contributed by atoms with Crippen LogP contribution < -0.4 is 5.32 Å². The van der Waals surface area contributed by atoms with Crippen LogP contribution in [0, 0.1) is 11.6 Å². The van der Waals surface area contributed by atoms with E-state index >= 15 is 0 Å². The second kappa shape index (κ2) is 12.5. The number of unbranched alkanes of at least 4 members (excludes halogenated alkanes) is 1. The van der Waals surface area contributed by atoms with E-state index in [1.807, 2.05) is 24.3 Å². The van der Waals surface area contributed by atoms with Crippen molar-refractivity contribution >= 4 is 17.8 Å². The first-order valence-electron chi connectivity index (χ1n) is 12.8. The number of aryl methyl sites for hydroxylation is 1. The molecule has 1 aliphatic carbocycles. The Morgan fingerprint density at radius 2 is 1.89 bits per heavy atom. The van der Waals surface area contributed by atoms with Crippen LogP contribution in [-0.2, 0) is 17.8 Å². The molecule has 190 valence electrons. The Labute approximate surface area is 211 Å². The van der Waals surface area contributed by atoms with Gasteiger partial charge in [0.25, 0.3) is 5.91 Å². The van der Waals surface area contributed by atoms with Crippen LogP contribution in [0.3, 0.4) is 0 Å². The fraction of sp³-hybridized carbons (Fsp3) is 0.379. The van der Waals surface area contributed by atoms with Gasteiger partial charge in [0.2, 0.25) is 0 Å². The third kappa shape index (κ3) is 6.39. The molecule has 7 heteroatoms. The van der Waals surface area contributed by atoms with Gasteiger partial charge in [-0.1, -0.05) is 61.7 Å². The largest absolute Gasteiger partial charge is 0.396 e. The van der Waals surface area contributed by atoms with E-state index in [1.54, 1.807) is 6.21 Å². The number of anilines is 1. The van der Waals surface area contributed by atoms with E-state index in [0.717, 1.165) is 68.5 Å². The Bertz CT molecular complexity index is 1180. The van der Waals surface area contributed by atoms with Crippen LogP contribution in [0.2, 0.25) is 0 Å². The Morgan fingerprint density at radius 3 is 2.61 bits per heavy atom. The SMILES string of the molecule is CCCCO/N=C/c1cc(C(=O)Nc2ccc(F)c(F)c2)c(C2CCCC2)n1CCc1ccccc1. The van der Waals surface area contributed by atoms with Crippen molar-refractivity contribution in [2.45, 2.75) is 64.3 Å². The highest BCUT2D eigenvalue weighted by atomic mass is 19.2. The highest BCUT2D eigenvalue weighted by molar-refractivity contribution is 6.06. The average molecular weight is 494 g/mol. The molecule has 0 unspecified atom stereocenters. The number of hydrogen-bond acceptors (Lipinski definition) is 3. The summed E-state index contributed by atoms with van der Waals surface area (Å²) in [5.41, 5.74) is 3.72. The first kappa shape index (κ1) is 25.6. The van der Waals surface area contributed by atoms with Crippen molar-refractivity contribution in [2.24, 2.45) is 5.16 Å². The molecule has 36 heavy (non-hydrogen) atoms. The number of carbonyl (C=O) groups is 1. The lowest BCUT2D eigenvalue weighted by Gasteiger charge is -2.18. The highest BCUT2D eigenvalue weighted by Gasteiger charge is 2.28. The van der Waals surface area contributed by atoms with Gasteiger partial charge >= 0.3 is 0 Å². The minimum absolute atomic E-state index is 0.214. The van der Waals surface area contributed by atoms with Crippen LogP contribution >= 0.6 is 0 Å². The normalized spacial score (nSPS) is 14.0. The van der Waals surface area contributed by atoms with Gasteiger partial charge in [-0.3, -0.25) is 4.79 Å². The Morgan fingerprint density at radius 1 is 1.11 bits per heavy atom. The lowest BCUT2D eigenvalue weighted by molar-refractivity contribution is 0.102. The number of halogens is 2. The third-order valence-corrected chi connectivity index (χ3v) is 6.65. The molecule has 3 aromatic rings. The number of nitrogens with zero attached hydrogens (tertiary/aromatic N) is 2. The van der Waals surface area contributed by atoms with E-state index in [9.17, 15) is 13.6 Å². The Kier molecular flexibility index (Phi) is 8.87. The van der Waals surface area contributed by atoms with Crippen LogP contribution in [-0.4, -0.2) is 23.3 Å². The van der Waals surface area contributed by atoms with Gasteiger partial charge in [-0.05, 0) is 49.4 Å². The Hall–Kier alpha value is -3.48. The van der Waals surface area contributed by atoms with Crippen LogP contribution in [0.15, 0.2) is 59.8 Å². The Balaban J connectivity index is 1.68. The highest BCUT2D eigenvalue weighted by Crippen LogP contribution is 2.37. The van der Waals surface area contributed by atoms with Gasteiger partial charge in [-0.25, -0.2) is 8.78 Å².